The number of rotatable bonds is 9. The van der Waals surface area contributed by atoms with Crippen LogP contribution in [0, 0.1) is 0 Å². The third-order valence-electron chi connectivity index (χ3n) is 3.12. The molecule has 0 atom stereocenters. The van der Waals surface area contributed by atoms with Crippen molar-refractivity contribution in [3.05, 3.63) is 34.3 Å². The molecular formula is C16H26BrIN4O. The lowest BCUT2D eigenvalue weighted by Crippen LogP contribution is -2.38. The van der Waals surface area contributed by atoms with E-state index in [1.807, 2.05) is 12.1 Å². The van der Waals surface area contributed by atoms with Crippen LogP contribution in [0.2, 0.25) is 0 Å². The molecule has 1 aromatic rings. The minimum Gasteiger partial charge on any atom is -0.370 e. The normalized spacial score (nSPS) is 10.8. The minimum atomic E-state index is -0.0932. The van der Waals surface area contributed by atoms with Gasteiger partial charge >= 0.3 is 0 Å². The summed E-state index contributed by atoms with van der Waals surface area (Å²) in [5.41, 5.74) is 6.39. The summed E-state index contributed by atoms with van der Waals surface area (Å²) in [6, 6.07) is 7.24. The third-order valence-corrected chi connectivity index (χ3v) is 3.65. The summed E-state index contributed by atoms with van der Waals surface area (Å²) in [4.78, 5) is 16.1. The number of nitrogens with one attached hydrogen (secondary N) is 2. The zero-order valence-electron chi connectivity index (χ0n) is 13.5. The molecule has 23 heavy (non-hydrogen) atoms. The van der Waals surface area contributed by atoms with E-state index >= 15 is 0 Å². The van der Waals surface area contributed by atoms with Crippen LogP contribution < -0.4 is 16.4 Å². The standard InChI is InChI=1S/C16H25BrN4O.HI/c1-2-3-4-5-10-20-16(18)21-12-11-19-15(22)13-6-8-14(17)9-7-13;/h6-9H,2-5,10-12H2,1H3,(H,19,22)(H3,18,20,21);1H. The number of benzene rings is 1. The number of carbonyl (C=O) groups is 1. The molecule has 1 rings (SSSR count). The van der Waals surface area contributed by atoms with E-state index in [2.05, 4.69) is 38.5 Å². The fraction of sp³-hybridized carbons (Fsp3) is 0.500. The predicted octanol–water partition coefficient (Wildman–Crippen LogP) is 3.28. The molecule has 4 N–H and O–H groups in total. The van der Waals surface area contributed by atoms with Gasteiger partial charge in [-0.25, -0.2) is 0 Å². The highest BCUT2D eigenvalue weighted by Gasteiger charge is 2.03. The van der Waals surface area contributed by atoms with Crippen LogP contribution in [0.15, 0.2) is 33.7 Å². The first kappa shape index (κ1) is 22.2. The van der Waals surface area contributed by atoms with E-state index in [9.17, 15) is 4.79 Å². The Hall–Kier alpha value is -0.830. The van der Waals surface area contributed by atoms with Gasteiger partial charge in [0.2, 0.25) is 0 Å². The summed E-state index contributed by atoms with van der Waals surface area (Å²) in [6.45, 7) is 4.00. The minimum absolute atomic E-state index is 0. The second-order valence-electron chi connectivity index (χ2n) is 5.02. The van der Waals surface area contributed by atoms with Crippen molar-refractivity contribution in [2.75, 3.05) is 19.6 Å². The van der Waals surface area contributed by atoms with Crippen LogP contribution in [0.3, 0.4) is 0 Å². The zero-order valence-corrected chi connectivity index (χ0v) is 17.4. The molecule has 0 heterocycles. The van der Waals surface area contributed by atoms with E-state index in [1.54, 1.807) is 12.1 Å². The molecule has 1 amide bonds. The van der Waals surface area contributed by atoms with Crippen LogP contribution in [-0.4, -0.2) is 31.5 Å². The van der Waals surface area contributed by atoms with E-state index in [4.69, 9.17) is 5.73 Å². The van der Waals surface area contributed by atoms with E-state index < -0.39 is 0 Å². The summed E-state index contributed by atoms with van der Waals surface area (Å²) in [7, 11) is 0. The maximum absolute atomic E-state index is 11.9. The number of carbonyl (C=O) groups excluding carboxylic acids is 1. The Balaban J connectivity index is 0.00000484. The van der Waals surface area contributed by atoms with Gasteiger partial charge in [0, 0.05) is 29.7 Å². The average Bonchev–Trinajstić information content (AvgIpc) is 2.52. The van der Waals surface area contributed by atoms with E-state index in [-0.39, 0.29) is 29.9 Å². The highest BCUT2D eigenvalue weighted by atomic mass is 127. The largest absolute Gasteiger partial charge is 0.370 e. The molecule has 0 unspecified atom stereocenters. The predicted molar refractivity (Wildman–Crippen MR) is 111 cm³/mol. The molecule has 1 aromatic carbocycles. The number of halogens is 2. The van der Waals surface area contributed by atoms with Crippen molar-refractivity contribution in [3.8, 4) is 0 Å². The molecule has 5 nitrogen and oxygen atoms in total. The first-order valence-corrected chi connectivity index (χ1v) is 8.50. The highest BCUT2D eigenvalue weighted by molar-refractivity contribution is 14.0. The Morgan fingerprint density at radius 1 is 1.13 bits per heavy atom. The molecule has 0 spiro atoms. The summed E-state index contributed by atoms with van der Waals surface area (Å²) in [5, 5.41) is 5.83. The van der Waals surface area contributed by atoms with Crippen molar-refractivity contribution in [2.24, 2.45) is 10.7 Å². The lowest BCUT2D eigenvalue weighted by atomic mass is 10.2. The van der Waals surface area contributed by atoms with Gasteiger partial charge in [-0.2, -0.15) is 0 Å². The number of hydrogen-bond donors (Lipinski definition) is 3. The fourth-order valence-electron chi connectivity index (χ4n) is 1.86. The van der Waals surface area contributed by atoms with Gasteiger partial charge in [0.05, 0.1) is 0 Å². The third kappa shape index (κ3) is 10.5. The first-order valence-electron chi connectivity index (χ1n) is 7.71. The van der Waals surface area contributed by atoms with E-state index in [0.29, 0.717) is 24.6 Å². The quantitative estimate of drug-likeness (QED) is 0.212. The van der Waals surface area contributed by atoms with Gasteiger partial charge < -0.3 is 16.4 Å². The number of aliphatic imine (C=N–C) groups is 1. The average molecular weight is 497 g/mol. The molecular weight excluding hydrogens is 471 g/mol. The summed E-state index contributed by atoms with van der Waals surface area (Å²) >= 11 is 3.34. The molecule has 0 aliphatic rings. The SMILES string of the molecule is CCCCCCN=C(N)NCCNC(=O)c1ccc(Br)cc1.I. The summed E-state index contributed by atoms with van der Waals surface area (Å²) in [5.74, 6) is 0.346. The van der Waals surface area contributed by atoms with Gasteiger partial charge in [0.1, 0.15) is 0 Å². The van der Waals surface area contributed by atoms with Gasteiger partial charge in [0.15, 0.2) is 5.96 Å². The Morgan fingerprint density at radius 3 is 2.43 bits per heavy atom. The van der Waals surface area contributed by atoms with E-state index in [1.165, 1.54) is 19.3 Å². The van der Waals surface area contributed by atoms with Gasteiger partial charge in [0.25, 0.3) is 5.91 Å². The molecule has 0 aromatic heterocycles. The fourth-order valence-corrected chi connectivity index (χ4v) is 2.13. The lowest BCUT2D eigenvalue weighted by Gasteiger charge is -2.07. The maximum Gasteiger partial charge on any atom is 0.251 e. The van der Waals surface area contributed by atoms with Crippen LogP contribution >= 0.6 is 39.9 Å². The lowest BCUT2D eigenvalue weighted by molar-refractivity contribution is 0.0954. The molecule has 0 aliphatic carbocycles. The van der Waals surface area contributed by atoms with Crippen LogP contribution in [0.25, 0.3) is 0 Å². The van der Waals surface area contributed by atoms with Gasteiger partial charge in [-0.1, -0.05) is 42.1 Å². The van der Waals surface area contributed by atoms with Crippen LogP contribution in [0.5, 0.6) is 0 Å². The van der Waals surface area contributed by atoms with Gasteiger partial charge in [-0.15, -0.1) is 24.0 Å². The van der Waals surface area contributed by atoms with Crippen molar-refractivity contribution in [1.29, 1.82) is 0 Å². The number of nitrogens with two attached hydrogens (primary N) is 1. The summed E-state index contributed by atoms with van der Waals surface area (Å²) in [6.07, 6.45) is 4.72. The highest BCUT2D eigenvalue weighted by Crippen LogP contribution is 2.10. The second-order valence-corrected chi connectivity index (χ2v) is 5.93. The summed E-state index contributed by atoms with van der Waals surface area (Å²) < 4.78 is 0.952. The number of amides is 1. The van der Waals surface area contributed by atoms with Crippen LogP contribution in [0.1, 0.15) is 43.0 Å². The number of guanidine groups is 1. The number of hydrogen-bond acceptors (Lipinski definition) is 2. The van der Waals surface area contributed by atoms with Gasteiger partial charge in [-0.05, 0) is 30.7 Å². The molecule has 0 radical (unpaired) electrons. The van der Waals surface area contributed by atoms with Crippen molar-refractivity contribution >= 4 is 51.8 Å². The molecule has 7 heteroatoms. The monoisotopic (exact) mass is 496 g/mol. The Labute approximate surface area is 164 Å². The Morgan fingerprint density at radius 2 is 1.78 bits per heavy atom. The number of nitrogens with zero attached hydrogens (tertiary/aromatic N) is 1. The van der Waals surface area contributed by atoms with Crippen molar-refractivity contribution < 1.29 is 4.79 Å². The van der Waals surface area contributed by atoms with Gasteiger partial charge in [-0.3, -0.25) is 9.79 Å². The molecule has 0 saturated heterocycles. The zero-order chi connectivity index (χ0) is 16.2. The van der Waals surface area contributed by atoms with Crippen molar-refractivity contribution in [1.82, 2.24) is 10.6 Å². The topological polar surface area (TPSA) is 79.5 Å². The molecule has 0 aliphatic heterocycles. The van der Waals surface area contributed by atoms with E-state index in [0.717, 1.165) is 17.4 Å². The second kappa shape index (κ2) is 13.6. The smallest absolute Gasteiger partial charge is 0.251 e. The van der Waals surface area contributed by atoms with Crippen LogP contribution in [0.4, 0.5) is 0 Å². The van der Waals surface area contributed by atoms with Crippen molar-refractivity contribution in [3.63, 3.8) is 0 Å². The molecule has 0 bridgehead atoms. The van der Waals surface area contributed by atoms with Crippen LogP contribution in [-0.2, 0) is 0 Å². The molecule has 0 fully saturated rings. The Kier molecular flexibility index (Phi) is 13.1. The number of unbranched alkanes of at least 4 members (excludes halogenated alkanes) is 3. The maximum atomic E-state index is 11.9. The molecule has 130 valence electrons. The molecule has 0 saturated carbocycles. The van der Waals surface area contributed by atoms with Crippen molar-refractivity contribution in [2.45, 2.75) is 32.6 Å². The first-order chi connectivity index (χ1) is 10.6. The Bertz CT molecular complexity index is 479.